The Morgan fingerprint density at radius 1 is 1.35 bits per heavy atom. The zero-order valence-electron chi connectivity index (χ0n) is 9.08. The van der Waals surface area contributed by atoms with Crippen LogP contribution in [-0.4, -0.2) is 29.1 Å². The average Bonchev–Trinajstić information content (AvgIpc) is 2.33. The summed E-state index contributed by atoms with van der Waals surface area (Å²) in [5.41, 5.74) is 6.75. The van der Waals surface area contributed by atoms with Crippen molar-refractivity contribution < 1.29 is 0 Å². The number of hydrogen-bond donors (Lipinski definition) is 2. The quantitative estimate of drug-likeness (QED) is 0.639. The SMILES string of the molecule is NC1CN(c2ncnc3cc(SS)ccc23)C1. The number of nitrogens with two attached hydrogens (primary N) is 1. The molecule has 2 N–H and O–H groups in total. The van der Waals surface area contributed by atoms with E-state index in [2.05, 4.69) is 26.5 Å². The van der Waals surface area contributed by atoms with Gasteiger partial charge in [0.25, 0.3) is 0 Å². The van der Waals surface area contributed by atoms with Gasteiger partial charge in [-0.05, 0) is 18.2 Å². The number of rotatable bonds is 2. The summed E-state index contributed by atoms with van der Waals surface area (Å²) in [5.74, 6) is 0.979. The van der Waals surface area contributed by atoms with Crippen LogP contribution in [0.4, 0.5) is 5.82 Å². The first kappa shape index (κ1) is 11.1. The Bertz CT molecular complexity index is 554. The van der Waals surface area contributed by atoms with Crippen LogP contribution in [0.25, 0.3) is 10.9 Å². The minimum absolute atomic E-state index is 0.271. The molecule has 2 aromatic rings. The van der Waals surface area contributed by atoms with Crippen LogP contribution in [0, 0.1) is 0 Å². The predicted octanol–water partition coefficient (Wildman–Crippen LogP) is 1.71. The Kier molecular flexibility index (Phi) is 2.85. The first-order valence-corrected chi connectivity index (χ1v) is 7.21. The molecule has 0 aliphatic carbocycles. The lowest BCUT2D eigenvalue weighted by Crippen LogP contribution is -2.56. The van der Waals surface area contributed by atoms with Gasteiger partial charge in [-0.3, -0.25) is 0 Å². The molecule has 2 heterocycles. The van der Waals surface area contributed by atoms with Gasteiger partial charge in [-0.25, -0.2) is 9.97 Å². The highest BCUT2D eigenvalue weighted by Gasteiger charge is 2.25. The second-order valence-electron chi connectivity index (χ2n) is 4.13. The van der Waals surface area contributed by atoms with E-state index in [1.165, 1.54) is 10.8 Å². The topological polar surface area (TPSA) is 55.0 Å². The van der Waals surface area contributed by atoms with E-state index < -0.39 is 0 Å². The van der Waals surface area contributed by atoms with Gasteiger partial charge in [-0.1, -0.05) is 10.8 Å². The first-order valence-electron chi connectivity index (χ1n) is 5.34. The third kappa shape index (κ3) is 1.96. The van der Waals surface area contributed by atoms with Crippen molar-refractivity contribution in [2.24, 2.45) is 5.73 Å². The van der Waals surface area contributed by atoms with E-state index in [0.717, 1.165) is 34.7 Å². The number of thiol groups is 1. The normalized spacial score (nSPS) is 16.2. The molecule has 0 spiro atoms. The van der Waals surface area contributed by atoms with Gasteiger partial charge < -0.3 is 10.6 Å². The fourth-order valence-electron chi connectivity index (χ4n) is 2.02. The minimum Gasteiger partial charge on any atom is -0.353 e. The lowest BCUT2D eigenvalue weighted by molar-refractivity contribution is 0.516. The zero-order chi connectivity index (χ0) is 11.8. The van der Waals surface area contributed by atoms with E-state index in [9.17, 15) is 0 Å². The minimum atomic E-state index is 0.271. The van der Waals surface area contributed by atoms with Crippen molar-refractivity contribution in [2.75, 3.05) is 18.0 Å². The number of nitrogens with zero attached hydrogens (tertiary/aromatic N) is 3. The largest absolute Gasteiger partial charge is 0.353 e. The zero-order valence-corrected chi connectivity index (χ0v) is 10.8. The molecule has 88 valence electrons. The molecule has 4 nitrogen and oxygen atoms in total. The van der Waals surface area contributed by atoms with E-state index >= 15 is 0 Å². The maximum absolute atomic E-state index is 5.80. The highest BCUT2D eigenvalue weighted by molar-refractivity contribution is 8.68. The Hall–Kier alpha value is -0.980. The average molecular weight is 264 g/mol. The van der Waals surface area contributed by atoms with Crippen molar-refractivity contribution in [1.29, 1.82) is 0 Å². The van der Waals surface area contributed by atoms with Gasteiger partial charge in [0, 0.05) is 29.4 Å². The summed E-state index contributed by atoms with van der Waals surface area (Å²) in [7, 11) is 1.42. The van der Waals surface area contributed by atoms with Gasteiger partial charge in [-0.15, -0.1) is 11.7 Å². The molecular formula is C11H12N4S2. The summed E-state index contributed by atoms with van der Waals surface area (Å²) in [6, 6.07) is 6.38. The molecule has 1 saturated heterocycles. The van der Waals surface area contributed by atoms with E-state index in [-0.39, 0.29) is 6.04 Å². The molecule has 0 unspecified atom stereocenters. The van der Waals surface area contributed by atoms with E-state index in [0.29, 0.717) is 0 Å². The fourth-order valence-corrected chi connectivity index (χ4v) is 2.65. The molecule has 1 aliphatic rings. The van der Waals surface area contributed by atoms with E-state index in [4.69, 9.17) is 5.73 Å². The molecule has 0 saturated carbocycles. The summed E-state index contributed by atoms with van der Waals surface area (Å²) >= 11 is 4.19. The van der Waals surface area contributed by atoms with Crippen LogP contribution < -0.4 is 10.6 Å². The molecule has 0 radical (unpaired) electrons. The smallest absolute Gasteiger partial charge is 0.139 e. The van der Waals surface area contributed by atoms with Crippen LogP contribution in [0.15, 0.2) is 29.4 Å². The Morgan fingerprint density at radius 3 is 2.88 bits per heavy atom. The van der Waals surface area contributed by atoms with Crippen LogP contribution in [0.2, 0.25) is 0 Å². The molecule has 6 heteroatoms. The third-order valence-electron chi connectivity index (χ3n) is 2.90. The van der Waals surface area contributed by atoms with Crippen LogP contribution in [-0.2, 0) is 0 Å². The molecule has 1 aromatic heterocycles. The maximum atomic E-state index is 5.80. The first-order chi connectivity index (χ1) is 8.28. The van der Waals surface area contributed by atoms with E-state index in [1.807, 2.05) is 18.2 Å². The van der Waals surface area contributed by atoms with Gasteiger partial charge in [0.1, 0.15) is 12.1 Å². The van der Waals surface area contributed by atoms with Gasteiger partial charge in [0.15, 0.2) is 0 Å². The van der Waals surface area contributed by atoms with Gasteiger partial charge in [-0.2, -0.15) is 0 Å². The highest BCUT2D eigenvalue weighted by atomic mass is 33.1. The summed E-state index contributed by atoms with van der Waals surface area (Å²) in [6.07, 6.45) is 1.61. The van der Waals surface area contributed by atoms with Crippen molar-refractivity contribution in [3.63, 3.8) is 0 Å². The Morgan fingerprint density at radius 2 is 2.18 bits per heavy atom. The summed E-state index contributed by atoms with van der Waals surface area (Å²) in [6.45, 7) is 1.74. The Balaban J connectivity index is 2.07. The molecule has 0 bridgehead atoms. The van der Waals surface area contributed by atoms with Gasteiger partial charge in [0.05, 0.1) is 5.52 Å². The molecule has 3 rings (SSSR count). The van der Waals surface area contributed by atoms with Crippen molar-refractivity contribution in [2.45, 2.75) is 10.9 Å². The summed E-state index contributed by atoms with van der Waals surface area (Å²) < 4.78 is 0. The van der Waals surface area contributed by atoms with Crippen LogP contribution in [0.1, 0.15) is 0 Å². The van der Waals surface area contributed by atoms with Crippen molar-refractivity contribution >= 4 is 39.2 Å². The molecule has 17 heavy (non-hydrogen) atoms. The Labute approximate surface area is 108 Å². The number of aromatic nitrogens is 2. The molecule has 0 atom stereocenters. The third-order valence-corrected chi connectivity index (χ3v) is 4.00. The predicted molar refractivity (Wildman–Crippen MR) is 74.6 cm³/mol. The number of anilines is 1. The van der Waals surface area contributed by atoms with Crippen molar-refractivity contribution in [1.82, 2.24) is 9.97 Å². The van der Waals surface area contributed by atoms with Gasteiger partial charge >= 0.3 is 0 Å². The van der Waals surface area contributed by atoms with Gasteiger partial charge in [0.2, 0.25) is 0 Å². The summed E-state index contributed by atoms with van der Waals surface area (Å²) in [4.78, 5) is 11.9. The molecule has 1 aliphatic heterocycles. The molecular weight excluding hydrogens is 252 g/mol. The van der Waals surface area contributed by atoms with Crippen LogP contribution in [0.5, 0.6) is 0 Å². The molecule has 0 amide bonds. The second kappa shape index (κ2) is 4.36. The maximum Gasteiger partial charge on any atom is 0.139 e. The monoisotopic (exact) mass is 264 g/mol. The van der Waals surface area contributed by atoms with Crippen LogP contribution >= 0.6 is 22.5 Å². The second-order valence-corrected chi connectivity index (χ2v) is 5.33. The number of fused-ring (bicyclic) bond motifs is 1. The van der Waals surface area contributed by atoms with Crippen molar-refractivity contribution in [3.8, 4) is 0 Å². The lowest BCUT2D eigenvalue weighted by Gasteiger charge is -2.38. The van der Waals surface area contributed by atoms with Crippen molar-refractivity contribution in [3.05, 3.63) is 24.5 Å². The van der Waals surface area contributed by atoms with Crippen LogP contribution in [0.3, 0.4) is 0 Å². The number of hydrogen-bond acceptors (Lipinski definition) is 6. The highest BCUT2D eigenvalue weighted by Crippen LogP contribution is 2.30. The van der Waals surface area contributed by atoms with E-state index in [1.54, 1.807) is 6.33 Å². The lowest BCUT2D eigenvalue weighted by atomic mass is 10.1. The molecule has 1 aromatic carbocycles. The summed E-state index contributed by atoms with van der Waals surface area (Å²) in [5, 5.41) is 1.07. The number of benzene rings is 1. The standard InChI is InChI=1S/C11H12N4S2/c12-7-4-15(5-7)11-9-2-1-8(17-16)3-10(9)13-6-14-11/h1-3,6-7,16H,4-5,12H2. The fraction of sp³-hybridized carbons (Fsp3) is 0.273. The molecule has 1 fully saturated rings.